The lowest BCUT2D eigenvalue weighted by atomic mass is 10.1. The summed E-state index contributed by atoms with van der Waals surface area (Å²) in [6, 6.07) is 15.8. The average Bonchev–Trinajstić information content (AvgIpc) is 3.19. The Morgan fingerprint density at radius 3 is 2.39 bits per heavy atom. The van der Waals surface area contributed by atoms with Gasteiger partial charge in [-0.3, -0.25) is 18.9 Å². The molecule has 0 bridgehead atoms. The van der Waals surface area contributed by atoms with Crippen molar-refractivity contribution in [2.45, 2.75) is 13.0 Å². The summed E-state index contributed by atoms with van der Waals surface area (Å²) < 4.78 is 25.1. The number of benzene rings is 2. The van der Waals surface area contributed by atoms with Gasteiger partial charge in [-0.2, -0.15) is 0 Å². The molecule has 7 nitrogen and oxygen atoms in total. The number of rotatable bonds is 7. The molecule has 0 aliphatic carbocycles. The van der Waals surface area contributed by atoms with Crippen LogP contribution in [0.2, 0.25) is 0 Å². The SMILES string of the molecule is CS(=O)(=O)N1CCc2cc(C(=O)NCCN3CCN(Cc4ccccc4)CC3)ccc21. The van der Waals surface area contributed by atoms with E-state index in [4.69, 9.17) is 0 Å². The molecular weight excluding hydrogens is 412 g/mol. The highest BCUT2D eigenvalue weighted by Crippen LogP contribution is 2.30. The molecule has 2 aromatic carbocycles. The van der Waals surface area contributed by atoms with E-state index in [1.54, 1.807) is 12.1 Å². The molecule has 1 amide bonds. The Hall–Kier alpha value is -2.42. The second kappa shape index (κ2) is 9.38. The van der Waals surface area contributed by atoms with E-state index in [0.29, 0.717) is 30.8 Å². The highest BCUT2D eigenvalue weighted by atomic mass is 32.2. The fourth-order valence-electron chi connectivity index (χ4n) is 4.30. The summed E-state index contributed by atoms with van der Waals surface area (Å²) >= 11 is 0. The summed E-state index contributed by atoms with van der Waals surface area (Å²) in [5, 5.41) is 3.00. The number of amides is 1. The standard InChI is InChI=1S/C23H30N4O3S/c1-31(29,30)27-11-9-20-17-21(7-8-22(20)27)23(28)24-10-12-25-13-15-26(16-14-25)18-19-5-3-2-4-6-19/h2-8,17H,9-16,18H2,1H3,(H,24,28). The van der Waals surface area contributed by atoms with E-state index in [2.05, 4.69) is 39.4 Å². The van der Waals surface area contributed by atoms with Crippen molar-refractivity contribution in [2.75, 3.05) is 56.4 Å². The number of nitrogens with zero attached hydrogens (tertiary/aromatic N) is 3. The highest BCUT2D eigenvalue weighted by Gasteiger charge is 2.26. The summed E-state index contributed by atoms with van der Waals surface area (Å²) in [6.45, 7) is 6.93. The second-order valence-corrected chi connectivity index (χ2v) is 10.2. The monoisotopic (exact) mass is 442 g/mol. The second-order valence-electron chi connectivity index (χ2n) is 8.29. The van der Waals surface area contributed by atoms with Crippen molar-refractivity contribution in [2.24, 2.45) is 0 Å². The van der Waals surface area contributed by atoms with Gasteiger partial charge in [-0.25, -0.2) is 8.42 Å². The van der Waals surface area contributed by atoms with Gasteiger partial charge in [-0.05, 0) is 35.7 Å². The molecule has 31 heavy (non-hydrogen) atoms. The minimum absolute atomic E-state index is 0.108. The lowest BCUT2D eigenvalue weighted by molar-refractivity contribution is 0.0934. The molecule has 4 rings (SSSR count). The van der Waals surface area contributed by atoms with Crippen LogP contribution < -0.4 is 9.62 Å². The van der Waals surface area contributed by atoms with Crippen LogP contribution in [0.25, 0.3) is 0 Å². The Bertz CT molecular complexity index is 1020. The first-order valence-electron chi connectivity index (χ1n) is 10.8. The highest BCUT2D eigenvalue weighted by molar-refractivity contribution is 7.92. The van der Waals surface area contributed by atoms with Gasteiger partial charge in [0.2, 0.25) is 10.0 Å². The van der Waals surface area contributed by atoms with Crippen LogP contribution in [-0.2, 0) is 23.0 Å². The fourth-order valence-corrected chi connectivity index (χ4v) is 5.26. The lowest BCUT2D eigenvalue weighted by Gasteiger charge is -2.34. The van der Waals surface area contributed by atoms with Crippen LogP contribution in [0.4, 0.5) is 5.69 Å². The Kier molecular flexibility index (Phi) is 6.60. The van der Waals surface area contributed by atoms with Crippen LogP contribution >= 0.6 is 0 Å². The van der Waals surface area contributed by atoms with Crippen molar-refractivity contribution < 1.29 is 13.2 Å². The van der Waals surface area contributed by atoms with Crippen LogP contribution in [0.1, 0.15) is 21.5 Å². The van der Waals surface area contributed by atoms with E-state index in [0.717, 1.165) is 44.8 Å². The Morgan fingerprint density at radius 2 is 1.68 bits per heavy atom. The summed E-state index contributed by atoms with van der Waals surface area (Å²) in [5.74, 6) is -0.108. The zero-order valence-electron chi connectivity index (χ0n) is 18.0. The van der Waals surface area contributed by atoms with Gasteiger partial charge in [-0.1, -0.05) is 30.3 Å². The van der Waals surface area contributed by atoms with Crippen molar-refractivity contribution >= 4 is 21.6 Å². The smallest absolute Gasteiger partial charge is 0.251 e. The number of sulfonamides is 1. The minimum Gasteiger partial charge on any atom is -0.351 e. The van der Waals surface area contributed by atoms with Gasteiger partial charge in [0.05, 0.1) is 11.9 Å². The summed E-state index contributed by atoms with van der Waals surface area (Å²) in [4.78, 5) is 17.4. The van der Waals surface area contributed by atoms with Gasteiger partial charge in [-0.15, -0.1) is 0 Å². The van der Waals surface area contributed by atoms with E-state index in [-0.39, 0.29) is 5.91 Å². The van der Waals surface area contributed by atoms with Gasteiger partial charge in [0.1, 0.15) is 0 Å². The van der Waals surface area contributed by atoms with Crippen LogP contribution in [0.15, 0.2) is 48.5 Å². The maximum absolute atomic E-state index is 12.6. The molecule has 0 radical (unpaired) electrons. The maximum Gasteiger partial charge on any atom is 0.251 e. The number of anilines is 1. The maximum atomic E-state index is 12.6. The molecule has 0 atom stereocenters. The Morgan fingerprint density at radius 1 is 0.968 bits per heavy atom. The summed E-state index contributed by atoms with van der Waals surface area (Å²) in [7, 11) is -3.27. The van der Waals surface area contributed by atoms with E-state index >= 15 is 0 Å². The molecule has 0 saturated carbocycles. The van der Waals surface area contributed by atoms with Crippen LogP contribution in [-0.4, -0.2) is 76.2 Å². The molecule has 2 aliphatic rings. The molecule has 166 valence electrons. The van der Waals surface area contributed by atoms with Gasteiger partial charge in [0.25, 0.3) is 5.91 Å². The summed E-state index contributed by atoms with van der Waals surface area (Å²) in [5.41, 5.74) is 3.53. The number of hydrogen-bond donors (Lipinski definition) is 1. The van der Waals surface area contributed by atoms with Crippen molar-refractivity contribution in [3.63, 3.8) is 0 Å². The van der Waals surface area contributed by atoms with Gasteiger partial charge >= 0.3 is 0 Å². The van der Waals surface area contributed by atoms with E-state index in [9.17, 15) is 13.2 Å². The Balaban J connectivity index is 1.22. The third-order valence-corrected chi connectivity index (χ3v) is 7.20. The molecule has 0 aromatic heterocycles. The zero-order valence-corrected chi connectivity index (χ0v) is 18.8. The first-order valence-corrected chi connectivity index (χ1v) is 12.6. The van der Waals surface area contributed by atoms with Crippen LogP contribution in [0, 0.1) is 0 Å². The number of nitrogens with one attached hydrogen (secondary N) is 1. The van der Waals surface area contributed by atoms with Gasteiger partial charge in [0.15, 0.2) is 0 Å². The zero-order chi connectivity index (χ0) is 21.8. The van der Waals surface area contributed by atoms with Crippen LogP contribution in [0.5, 0.6) is 0 Å². The number of carbonyl (C=O) groups is 1. The summed E-state index contributed by atoms with van der Waals surface area (Å²) in [6.07, 6.45) is 1.85. The number of piperazine rings is 1. The van der Waals surface area contributed by atoms with E-state index in [1.807, 2.05) is 12.1 Å². The third kappa shape index (κ3) is 5.44. The lowest BCUT2D eigenvalue weighted by Crippen LogP contribution is -2.48. The number of fused-ring (bicyclic) bond motifs is 1. The predicted octanol–water partition coefficient (Wildman–Crippen LogP) is 1.56. The largest absolute Gasteiger partial charge is 0.351 e. The van der Waals surface area contributed by atoms with Gasteiger partial charge < -0.3 is 5.32 Å². The van der Waals surface area contributed by atoms with Crippen molar-refractivity contribution in [3.8, 4) is 0 Å². The van der Waals surface area contributed by atoms with Crippen LogP contribution in [0.3, 0.4) is 0 Å². The normalized spacial score (nSPS) is 17.5. The van der Waals surface area contributed by atoms with Crippen molar-refractivity contribution in [1.29, 1.82) is 0 Å². The molecule has 0 unspecified atom stereocenters. The molecule has 2 aromatic rings. The molecular formula is C23H30N4O3S. The molecule has 2 heterocycles. The molecule has 2 aliphatic heterocycles. The topological polar surface area (TPSA) is 73.0 Å². The molecule has 1 saturated heterocycles. The average molecular weight is 443 g/mol. The predicted molar refractivity (Wildman–Crippen MR) is 123 cm³/mol. The number of carbonyl (C=O) groups excluding carboxylic acids is 1. The number of hydrogen-bond acceptors (Lipinski definition) is 5. The minimum atomic E-state index is -3.27. The van der Waals surface area contributed by atoms with Crippen molar-refractivity contribution in [1.82, 2.24) is 15.1 Å². The van der Waals surface area contributed by atoms with Gasteiger partial charge in [0, 0.05) is 57.9 Å². The van der Waals surface area contributed by atoms with E-state index in [1.165, 1.54) is 16.1 Å². The fraction of sp³-hybridized carbons (Fsp3) is 0.435. The van der Waals surface area contributed by atoms with Crippen molar-refractivity contribution in [3.05, 3.63) is 65.2 Å². The quantitative estimate of drug-likeness (QED) is 0.705. The third-order valence-electron chi connectivity index (χ3n) is 6.02. The van der Waals surface area contributed by atoms with E-state index < -0.39 is 10.0 Å². The molecule has 1 fully saturated rings. The molecule has 0 spiro atoms. The first-order chi connectivity index (χ1) is 14.9. The Labute approximate surface area is 184 Å². The first kappa shape index (κ1) is 21.8. The molecule has 8 heteroatoms. The molecule has 1 N–H and O–H groups in total.